The molecule has 1 aromatic carbocycles. The Balaban J connectivity index is 1.76. The standard InChI is InChI=1S/C20H19N3O5S/c1-9-15-18(26)21-12(4)22-19(15)29-16(9)20(27)28-11(3)17(25)23-14-7-5-6-13(8-14)10(2)24/h5-8,11H,1-4H3,(H,23,25)(H,21,22,26). The maximum atomic E-state index is 12.6. The van der Waals surface area contributed by atoms with Crippen LogP contribution in [0.15, 0.2) is 29.1 Å². The van der Waals surface area contributed by atoms with Gasteiger partial charge in [-0.3, -0.25) is 14.4 Å². The van der Waals surface area contributed by atoms with E-state index in [1.165, 1.54) is 13.8 Å². The molecule has 2 aromatic heterocycles. The zero-order chi connectivity index (χ0) is 21.3. The van der Waals surface area contributed by atoms with Gasteiger partial charge >= 0.3 is 5.97 Å². The lowest BCUT2D eigenvalue weighted by Gasteiger charge is -2.13. The number of benzene rings is 1. The van der Waals surface area contributed by atoms with Gasteiger partial charge in [0.15, 0.2) is 11.9 Å². The summed E-state index contributed by atoms with van der Waals surface area (Å²) in [7, 11) is 0. The van der Waals surface area contributed by atoms with E-state index >= 15 is 0 Å². The summed E-state index contributed by atoms with van der Waals surface area (Å²) in [4.78, 5) is 56.0. The van der Waals surface area contributed by atoms with Crippen LogP contribution in [0, 0.1) is 13.8 Å². The van der Waals surface area contributed by atoms with Crippen molar-refractivity contribution < 1.29 is 19.1 Å². The van der Waals surface area contributed by atoms with Gasteiger partial charge in [0.2, 0.25) is 0 Å². The molecule has 3 rings (SSSR count). The Bertz CT molecular complexity index is 1190. The van der Waals surface area contributed by atoms with Gasteiger partial charge in [-0.1, -0.05) is 12.1 Å². The van der Waals surface area contributed by atoms with Gasteiger partial charge in [0, 0.05) is 11.3 Å². The number of amides is 1. The number of hydrogen-bond acceptors (Lipinski definition) is 7. The average Bonchev–Trinajstić information content (AvgIpc) is 2.98. The van der Waals surface area contributed by atoms with Crippen LogP contribution >= 0.6 is 11.3 Å². The minimum absolute atomic E-state index is 0.125. The Morgan fingerprint density at radius 3 is 2.66 bits per heavy atom. The molecule has 8 nitrogen and oxygen atoms in total. The lowest BCUT2D eigenvalue weighted by Crippen LogP contribution is -2.30. The van der Waals surface area contributed by atoms with Gasteiger partial charge in [0.05, 0.1) is 5.39 Å². The summed E-state index contributed by atoms with van der Waals surface area (Å²) in [5.41, 5.74) is 1.03. The summed E-state index contributed by atoms with van der Waals surface area (Å²) in [6, 6.07) is 6.47. The molecular weight excluding hydrogens is 394 g/mol. The van der Waals surface area contributed by atoms with Crippen molar-refractivity contribution in [2.45, 2.75) is 33.8 Å². The third kappa shape index (κ3) is 4.24. The number of aryl methyl sites for hydroxylation is 2. The number of fused-ring (bicyclic) bond motifs is 1. The molecule has 0 aliphatic carbocycles. The number of anilines is 1. The molecule has 0 fully saturated rings. The van der Waals surface area contributed by atoms with Crippen molar-refractivity contribution in [2.75, 3.05) is 5.32 Å². The average molecular weight is 413 g/mol. The van der Waals surface area contributed by atoms with Gasteiger partial charge in [-0.15, -0.1) is 11.3 Å². The van der Waals surface area contributed by atoms with Crippen molar-refractivity contribution in [3.63, 3.8) is 0 Å². The Hall–Kier alpha value is -3.33. The fourth-order valence-electron chi connectivity index (χ4n) is 2.77. The topological polar surface area (TPSA) is 118 Å². The number of carbonyl (C=O) groups excluding carboxylic acids is 3. The van der Waals surface area contributed by atoms with Crippen molar-refractivity contribution in [1.82, 2.24) is 9.97 Å². The fraction of sp³-hybridized carbons (Fsp3) is 0.250. The molecule has 1 amide bonds. The zero-order valence-electron chi connectivity index (χ0n) is 16.3. The highest BCUT2D eigenvalue weighted by Gasteiger charge is 2.24. The molecule has 2 N–H and O–H groups in total. The Morgan fingerprint density at radius 2 is 1.97 bits per heavy atom. The van der Waals surface area contributed by atoms with Crippen LogP contribution in [0.5, 0.6) is 0 Å². The molecule has 0 radical (unpaired) electrons. The number of ether oxygens (including phenoxy) is 1. The number of ketones is 1. The maximum absolute atomic E-state index is 12.6. The molecule has 0 aliphatic heterocycles. The predicted octanol–water partition coefficient (Wildman–Crippen LogP) is 2.99. The lowest BCUT2D eigenvalue weighted by molar-refractivity contribution is -0.123. The number of Topliss-reactive ketones (excluding diaryl/α,β-unsaturated/α-hetero) is 1. The molecule has 9 heteroatoms. The number of thiophene rings is 1. The largest absolute Gasteiger partial charge is 0.448 e. The first-order chi connectivity index (χ1) is 13.7. The van der Waals surface area contributed by atoms with Gasteiger partial charge in [0.1, 0.15) is 15.5 Å². The molecule has 0 spiro atoms. The van der Waals surface area contributed by atoms with E-state index in [1.54, 1.807) is 38.1 Å². The normalized spacial score (nSPS) is 11.9. The van der Waals surface area contributed by atoms with Crippen molar-refractivity contribution in [1.29, 1.82) is 0 Å². The van der Waals surface area contributed by atoms with E-state index in [0.29, 0.717) is 32.9 Å². The summed E-state index contributed by atoms with van der Waals surface area (Å²) < 4.78 is 5.28. The predicted molar refractivity (Wildman–Crippen MR) is 110 cm³/mol. The van der Waals surface area contributed by atoms with Crippen LogP contribution in [-0.4, -0.2) is 33.7 Å². The number of esters is 1. The third-order valence-electron chi connectivity index (χ3n) is 4.29. The van der Waals surface area contributed by atoms with Crippen LogP contribution in [0.4, 0.5) is 5.69 Å². The Labute approximate surface area is 169 Å². The van der Waals surface area contributed by atoms with Gasteiger partial charge in [-0.2, -0.15) is 0 Å². The van der Waals surface area contributed by atoms with Crippen LogP contribution in [0.3, 0.4) is 0 Å². The van der Waals surface area contributed by atoms with E-state index in [-0.39, 0.29) is 16.2 Å². The van der Waals surface area contributed by atoms with E-state index in [9.17, 15) is 19.2 Å². The minimum Gasteiger partial charge on any atom is -0.448 e. The summed E-state index contributed by atoms with van der Waals surface area (Å²) >= 11 is 1.05. The second-order valence-corrected chi connectivity index (χ2v) is 7.56. The van der Waals surface area contributed by atoms with Crippen molar-refractivity contribution in [2.24, 2.45) is 0 Å². The lowest BCUT2D eigenvalue weighted by atomic mass is 10.1. The summed E-state index contributed by atoms with van der Waals surface area (Å²) in [6.07, 6.45) is -1.08. The number of aromatic nitrogens is 2. The van der Waals surface area contributed by atoms with Crippen LogP contribution in [0.2, 0.25) is 0 Å². The van der Waals surface area contributed by atoms with Crippen LogP contribution in [0.1, 0.15) is 45.3 Å². The number of nitrogens with zero attached hydrogens (tertiary/aromatic N) is 1. The molecular formula is C20H19N3O5S. The monoisotopic (exact) mass is 413 g/mol. The zero-order valence-corrected chi connectivity index (χ0v) is 17.1. The first kappa shape index (κ1) is 20.4. The molecule has 29 heavy (non-hydrogen) atoms. The maximum Gasteiger partial charge on any atom is 0.349 e. The number of nitrogens with one attached hydrogen (secondary N) is 2. The smallest absolute Gasteiger partial charge is 0.349 e. The third-order valence-corrected chi connectivity index (χ3v) is 5.46. The molecule has 150 valence electrons. The van der Waals surface area contributed by atoms with Gasteiger partial charge in [0.25, 0.3) is 11.5 Å². The molecule has 0 saturated carbocycles. The highest BCUT2D eigenvalue weighted by Crippen LogP contribution is 2.28. The molecule has 0 bridgehead atoms. The van der Waals surface area contributed by atoms with Crippen molar-refractivity contribution in [3.8, 4) is 0 Å². The number of aromatic amines is 1. The quantitative estimate of drug-likeness (QED) is 0.490. The van der Waals surface area contributed by atoms with E-state index in [2.05, 4.69) is 15.3 Å². The van der Waals surface area contributed by atoms with Gasteiger partial charge in [-0.05, 0) is 45.4 Å². The number of carbonyl (C=O) groups is 3. The van der Waals surface area contributed by atoms with Gasteiger partial charge in [-0.25, -0.2) is 9.78 Å². The van der Waals surface area contributed by atoms with E-state index in [1.807, 2.05) is 0 Å². The van der Waals surface area contributed by atoms with Gasteiger partial charge < -0.3 is 15.0 Å². The molecule has 1 unspecified atom stereocenters. The highest BCUT2D eigenvalue weighted by molar-refractivity contribution is 7.20. The summed E-state index contributed by atoms with van der Waals surface area (Å²) in [5, 5.41) is 2.96. The number of hydrogen-bond donors (Lipinski definition) is 2. The molecule has 2 heterocycles. The van der Waals surface area contributed by atoms with E-state index in [0.717, 1.165) is 11.3 Å². The Kier molecular flexibility index (Phi) is 5.60. The van der Waals surface area contributed by atoms with Crippen LogP contribution in [0.25, 0.3) is 10.2 Å². The summed E-state index contributed by atoms with van der Waals surface area (Å²) in [5.74, 6) is -0.920. The highest BCUT2D eigenvalue weighted by atomic mass is 32.1. The molecule has 0 aliphatic rings. The first-order valence-electron chi connectivity index (χ1n) is 8.80. The number of H-pyrrole nitrogens is 1. The molecule has 0 saturated heterocycles. The summed E-state index contributed by atoms with van der Waals surface area (Å²) in [6.45, 7) is 6.17. The second-order valence-electron chi connectivity index (χ2n) is 6.56. The SMILES string of the molecule is CC(=O)c1cccc(NC(=O)C(C)OC(=O)c2sc3nc(C)[nH]c(=O)c3c2C)c1. The Morgan fingerprint density at radius 1 is 1.24 bits per heavy atom. The second kappa shape index (κ2) is 7.96. The minimum atomic E-state index is -1.08. The fourth-order valence-corrected chi connectivity index (χ4v) is 3.88. The van der Waals surface area contributed by atoms with E-state index < -0.39 is 18.0 Å². The van der Waals surface area contributed by atoms with Crippen molar-refractivity contribution >= 4 is 44.9 Å². The van der Waals surface area contributed by atoms with E-state index in [4.69, 9.17) is 4.74 Å². The molecule has 3 aromatic rings. The molecule has 1 atom stereocenters. The number of rotatable bonds is 5. The first-order valence-corrected chi connectivity index (χ1v) is 9.62. The van der Waals surface area contributed by atoms with Crippen molar-refractivity contribution in [3.05, 3.63) is 56.4 Å². The van der Waals surface area contributed by atoms with Crippen LogP contribution in [-0.2, 0) is 9.53 Å². The van der Waals surface area contributed by atoms with Crippen LogP contribution < -0.4 is 10.9 Å².